The number of carbonyl (C=O) groups excluding carboxylic acids is 1. The third kappa shape index (κ3) is 3.82. The van der Waals surface area contributed by atoms with E-state index in [4.69, 9.17) is 4.52 Å². The van der Waals surface area contributed by atoms with Gasteiger partial charge in [-0.05, 0) is 18.8 Å². The predicted molar refractivity (Wildman–Crippen MR) is 81.9 cm³/mol. The molecule has 0 radical (unpaired) electrons. The van der Waals surface area contributed by atoms with E-state index in [0.29, 0.717) is 22.7 Å². The van der Waals surface area contributed by atoms with E-state index in [1.54, 1.807) is 17.8 Å². The van der Waals surface area contributed by atoms with Crippen molar-refractivity contribution in [2.75, 3.05) is 11.1 Å². The van der Waals surface area contributed by atoms with Gasteiger partial charge in [-0.3, -0.25) is 10.1 Å². The highest BCUT2D eigenvalue weighted by atomic mass is 32.2. The van der Waals surface area contributed by atoms with Crippen LogP contribution in [-0.4, -0.2) is 27.0 Å². The number of nitrogens with one attached hydrogen (secondary N) is 1. The van der Waals surface area contributed by atoms with Crippen LogP contribution in [0.4, 0.5) is 5.13 Å². The van der Waals surface area contributed by atoms with Crippen molar-refractivity contribution in [2.24, 2.45) is 5.92 Å². The normalized spacial score (nSPS) is 14.6. The van der Waals surface area contributed by atoms with Gasteiger partial charge in [0.15, 0.2) is 10.0 Å². The van der Waals surface area contributed by atoms with Crippen molar-refractivity contribution in [3.63, 3.8) is 0 Å². The fourth-order valence-electron chi connectivity index (χ4n) is 1.67. The molecule has 21 heavy (non-hydrogen) atoms. The van der Waals surface area contributed by atoms with Crippen molar-refractivity contribution in [1.29, 1.82) is 0 Å². The standard InChI is InChI=1S/C13H16N4O2S2/c1-7(2)6-20-13-16-15-12(21-13)14-11(18)9-5-10(19-17-9)8-3-4-8/h5,7-8H,3-4,6H2,1-2H3,(H,14,15,18). The summed E-state index contributed by atoms with van der Waals surface area (Å²) in [6.45, 7) is 4.30. The number of amides is 1. The van der Waals surface area contributed by atoms with Crippen LogP contribution in [0, 0.1) is 5.92 Å². The van der Waals surface area contributed by atoms with E-state index in [1.165, 1.54) is 11.3 Å². The van der Waals surface area contributed by atoms with Crippen LogP contribution < -0.4 is 5.32 Å². The minimum Gasteiger partial charge on any atom is -0.360 e. The Bertz CT molecular complexity index is 634. The zero-order valence-electron chi connectivity index (χ0n) is 11.8. The number of carbonyl (C=O) groups is 1. The highest BCUT2D eigenvalue weighted by molar-refractivity contribution is 8.01. The Labute approximate surface area is 130 Å². The molecule has 0 aromatic carbocycles. The molecule has 1 aliphatic rings. The molecule has 6 nitrogen and oxygen atoms in total. The summed E-state index contributed by atoms with van der Waals surface area (Å²) < 4.78 is 6.03. The minimum atomic E-state index is -0.304. The lowest BCUT2D eigenvalue weighted by atomic mass is 10.3. The van der Waals surface area contributed by atoms with Crippen molar-refractivity contribution in [3.05, 3.63) is 17.5 Å². The van der Waals surface area contributed by atoms with Gasteiger partial charge in [-0.25, -0.2) is 0 Å². The fraction of sp³-hybridized carbons (Fsp3) is 0.538. The number of thioether (sulfide) groups is 1. The van der Waals surface area contributed by atoms with E-state index < -0.39 is 0 Å². The molecule has 1 N–H and O–H groups in total. The summed E-state index contributed by atoms with van der Waals surface area (Å²) in [4.78, 5) is 12.0. The average molecular weight is 324 g/mol. The van der Waals surface area contributed by atoms with E-state index in [2.05, 4.69) is 34.5 Å². The van der Waals surface area contributed by atoms with E-state index >= 15 is 0 Å². The lowest BCUT2D eigenvalue weighted by molar-refractivity contribution is 0.101. The van der Waals surface area contributed by atoms with Gasteiger partial charge in [0.25, 0.3) is 5.91 Å². The molecule has 0 unspecified atom stereocenters. The van der Waals surface area contributed by atoms with Gasteiger partial charge in [-0.15, -0.1) is 10.2 Å². The van der Waals surface area contributed by atoms with E-state index in [-0.39, 0.29) is 5.91 Å². The van der Waals surface area contributed by atoms with Crippen LogP contribution in [0.5, 0.6) is 0 Å². The maximum Gasteiger partial charge on any atom is 0.279 e. The molecular weight excluding hydrogens is 308 g/mol. The second kappa shape index (κ2) is 6.15. The Hall–Kier alpha value is -1.41. The van der Waals surface area contributed by atoms with Gasteiger partial charge in [-0.2, -0.15) is 0 Å². The summed E-state index contributed by atoms with van der Waals surface area (Å²) in [5.74, 6) is 2.51. The Morgan fingerprint density at radius 3 is 3.05 bits per heavy atom. The third-order valence-corrected chi connectivity index (χ3v) is 5.31. The summed E-state index contributed by atoms with van der Waals surface area (Å²) in [5.41, 5.74) is 0.295. The first-order chi connectivity index (χ1) is 10.1. The van der Waals surface area contributed by atoms with Crippen LogP contribution in [0.3, 0.4) is 0 Å². The van der Waals surface area contributed by atoms with Gasteiger partial charge in [0.1, 0.15) is 5.76 Å². The molecule has 3 rings (SSSR count). The number of hydrogen-bond donors (Lipinski definition) is 1. The van der Waals surface area contributed by atoms with Crippen molar-refractivity contribution in [3.8, 4) is 0 Å². The average Bonchev–Trinajstić information content (AvgIpc) is 3.01. The summed E-state index contributed by atoms with van der Waals surface area (Å²) in [6.07, 6.45) is 2.23. The first-order valence-electron chi connectivity index (χ1n) is 6.86. The summed E-state index contributed by atoms with van der Waals surface area (Å²) in [5, 5.41) is 15.0. The Morgan fingerprint density at radius 1 is 1.52 bits per heavy atom. The molecular formula is C13H16N4O2S2. The van der Waals surface area contributed by atoms with Crippen molar-refractivity contribution in [1.82, 2.24) is 15.4 Å². The molecule has 0 aliphatic heterocycles. The first-order valence-corrected chi connectivity index (χ1v) is 8.66. The van der Waals surface area contributed by atoms with Crippen LogP contribution >= 0.6 is 23.1 Å². The molecule has 2 heterocycles. The zero-order valence-corrected chi connectivity index (χ0v) is 13.5. The highest BCUT2D eigenvalue weighted by Crippen LogP contribution is 2.40. The van der Waals surface area contributed by atoms with Gasteiger partial charge in [0.2, 0.25) is 5.13 Å². The van der Waals surface area contributed by atoms with Gasteiger partial charge in [-0.1, -0.05) is 42.1 Å². The first kappa shape index (κ1) is 14.5. The molecule has 1 fully saturated rings. The second-order valence-corrected chi connectivity index (χ2v) is 7.67. The summed E-state index contributed by atoms with van der Waals surface area (Å²) in [6, 6.07) is 1.71. The summed E-state index contributed by atoms with van der Waals surface area (Å²) in [7, 11) is 0. The Morgan fingerprint density at radius 2 is 2.33 bits per heavy atom. The van der Waals surface area contributed by atoms with E-state index in [1.807, 2.05) is 0 Å². The van der Waals surface area contributed by atoms with Crippen LogP contribution in [-0.2, 0) is 0 Å². The van der Waals surface area contributed by atoms with Crippen LogP contribution in [0.2, 0.25) is 0 Å². The Kier molecular flexibility index (Phi) is 4.25. The molecule has 0 atom stereocenters. The number of hydrogen-bond acceptors (Lipinski definition) is 7. The van der Waals surface area contributed by atoms with E-state index in [9.17, 15) is 4.79 Å². The third-order valence-electron chi connectivity index (χ3n) is 2.91. The number of aromatic nitrogens is 3. The molecule has 1 amide bonds. The number of anilines is 1. The molecule has 2 aromatic rings. The molecule has 112 valence electrons. The monoisotopic (exact) mass is 324 g/mol. The van der Waals surface area contributed by atoms with Crippen LogP contribution in [0.25, 0.3) is 0 Å². The zero-order chi connectivity index (χ0) is 14.8. The van der Waals surface area contributed by atoms with Crippen LogP contribution in [0.15, 0.2) is 14.9 Å². The highest BCUT2D eigenvalue weighted by Gasteiger charge is 2.29. The lowest BCUT2D eigenvalue weighted by Gasteiger charge is -1.99. The predicted octanol–water partition coefficient (Wildman–Crippen LogP) is 3.40. The summed E-state index contributed by atoms with van der Waals surface area (Å²) >= 11 is 3.02. The maximum absolute atomic E-state index is 12.0. The van der Waals surface area contributed by atoms with Crippen molar-refractivity contribution >= 4 is 34.1 Å². The second-order valence-electron chi connectivity index (χ2n) is 5.42. The lowest BCUT2D eigenvalue weighted by Crippen LogP contribution is -2.11. The molecule has 0 bridgehead atoms. The topological polar surface area (TPSA) is 80.9 Å². The van der Waals surface area contributed by atoms with Crippen LogP contribution in [0.1, 0.15) is 48.9 Å². The molecule has 1 aliphatic carbocycles. The smallest absolute Gasteiger partial charge is 0.279 e. The Balaban J connectivity index is 1.58. The van der Waals surface area contributed by atoms with E-state index in [0.717, 1.165) is 28.7 Å². The number of nitrogens with zero attached hydrogens (tertiary/aromatic N) is 3. The quantitative estimate of drug-likeness (QED) is 0.648. The molecule has 1 saturated carbocycles. The largest absolute Gasteiger partial charge is 0.360 e. The van der Waals surface area contributed by atoms with Gasteiger partial charge in [0, 0.05) is 17.7 Å². The maximum atomic E-state index is 12.0. The van der Waals surface area contributed by atoms with Gasteiger partial charge >= 0.3 is 0 Å². The van der Waals surface area contributed by atoms with Gasteiger partial charge in [0.05, 0.1) is 0 Å². The van der Waals surface area contributed by atoms with Crippen molar-refractivity contribution in [2.45, 2.75) is 36.9 Å². The van der Waals surface area contributed by atoms with Crippen molar-refractivity contribution < 1.29 is 9.32 Å². The number of rotatable bonds is 6. The fourth-order valence-corrected chi connectivity index (χ4v) is 3.40. The SMILES string of the molecule is CC(C)CSc1nnc(NC(=O)c2cc(C3CC3)on2)s1. The molecule has 0 saturated heterocycles. The van der Waals surface area contributed by atoms with Gasteiger partial charge < -0.3 is 4.52 Å². The molecule has 8 heteroatoms. The molecule has 2 aromatic heterocycles. The molecule has 0 spiro atoms. The minimum absolute atomic E-state index is 0.295.